The summed E-state index contributed by atoms with van der Waals surface area (Å²) in [6.07, 6.45) is 2.28. The van der Waals surface area contributed by atoms with Gasteiger partial charge in [0.2, 0.25) is 5.91 Å². The van der Waals surface area contributed by atoms with Gasteiger partial charge < -0.3 is 14.7 Å². The van der Waals surface area contributed by atoms with Crippen molar-refractivity contribution in [3.63, 3.8) is 0 Å². The summed E-state index contributed by atoms with van der Waals surface area (Å²) in [4.78, 5) is 18.7. The first-order valence-electron chi connectivity index (χ1n) is 7.44. The second kappa shape index (κ2) is 7.61. The minimum atomic E-state index is 0.248. The lowest BCUT2D eigenvalue weighted by Gasteiger charge is -2.34. The Kier molecular flexibility index (Phi) is 6.11. The van der Waals surface area contributed by atoms with Crippen molar-refractivity contribution in [1.82, 2.24) is 14.7 Å². The zero-order valence-electron chi connectivity index (χ0n) is 12.5. The maximum Gasteiger partial charge on any atom is 0.233 e. The zero-order valence-corrected chi connectivity index (χ0v) is 14.1. The van der Waals surface area contributed by atoms with E-state index in [0.717, 1.165) is 62.3 Å². The van der Waals surface area contributed by atoms with Gasteiger partial charge in [-0.3, -0.25) is 4.79 Å². The summed E-state index contributed by atoms with van der Waals surface area (Å²) in [5.41, 5.74) is 0. The van der Waals surface area contributed by atoms with E-state index >= 15 is 0 Å². The van der Waals surface area contributed by atoms with Gasteiger partial charge >= 0.3 is 0 Å². The highest BCUT2D eigenvalue weighted by Gasteiger charge is 2.22. The molecule has 4 nitrogen and oxygen atoms in total. The van der Waals surface area contributed by atoms with Crippen molar-refractivity contribution in [2.45, 2.75) is 19.8 Å². The van der Waals surface area contributed by atoms with E-state index in [-0.39, 0.29) is 5.91 Å². The second-order valence-electron chi connectivity index (χ2n) is 5.91. The lowest BCUT2D eigenvalue weighted by atomic mass is 9.99. The molecule has 0 aromatic rings. The summed E-state index contributed by atoms with van der Waals surface area (Å²) in [7, 11) is 2.13. The van der Waals surface area contributed by atoms with Crippen LogP contribution in [0.15, 0.2) is 0 Å². The largest absolute Gasteiger partial charge is 0.355 e. The molecule has 2 rings (SSSR count). The molecule has 0 spiro atoms. The molecule has 0 atom stereocenters. The molecule has 0 saturated carbocycles. The molecule has 0 aromatic heterocycles. The first-order chi connectivity index (χ1) is 9.56. The fourth-order valence-corrected chi connectivity index (χ4v) is 3.71. The number of piperidine rings is 1. The third-order valence-electron chi connectivity index (χ3n) is 4.22. The van der Waals surface area contributed by atoms with E-state index < -0.39 is 0 Å². The van der Waals surface area contributed by atoms with Gasteiger partial charge in [-0.2, -0.15) is 0 Å². The molecular weight excluding hydrogens is 290 g/mol. The highest BCUT2D eigenvalue weighted by Crippen LogP contribution is 2.18. The van der Waals surface area contributed by atoms with Gasteiger partial charge in [-0.05, 0) is 25.8 Å². The van der Waals surface area contributed by atoms with Crippen molar-refractivity contribution in [2.24, 2.45) is 5.92 Å². The number of carbonyl (C=O) groups is 1. The Hall–Kier alpha value is -0.330. The zero-order chi connectivity index (χ0) is 14.5. The van der Waals surface area contributed by atoms with Crippen molar-refractivity contribution in [2.75, 3.05) is 52.1 Å². The van der Waals surface area contributed by atoms with Crippen LogP contribution < -0.4 is 0 Å². The molecule has 2 fully saturated rings. The summed E-state index contributed by atoms with van der Waals surface area (Å²) in [6, 6.07) is 0. The Morgan fingerprint density at radius 1 is 1.10 bits per heavy atom. The topological polar surface area (TPSA) is 26.8 Å². The van der Waals surface area contributed by atoms with Crippen LogP contribution in [0.5, 0.6) is 0 Å². The fourth-order valence-electron chi connectivity index (χ4n) is 2.55. The number of thioether (sulfide) groups is 1. The predicted octanol–water partition coefficient (Wildman–Crippen LogP) is 1.51. The number of piperazine rings is 1. The molecule has 2 saturated heterocycles. The second-order valence-corrected chi connectivity index (χ2v) is 7.52. The van der Waals surface area contributed by atoms with Crippen molar-refractivity contribution in [1.29, 1.82) is 0 Å². The van der Waals surface area contributed by atoms with E-state index in [0.29, 0.717) is 5.75 Å². The molecule has 2 aliphatic heterocycles. The third kappa shape index (κ3) is 4.60. The van der Waals surface area contributed by atoms with Crippen LogP contribution in [0.2, 0.25) is 0 Å². The molecule has 0 aliphatic carbocycles. The Labute approximate surface area is 131 Å². The number of likely N-dealkylation sites (tertiary alicyclic amines) is 1. The number of likely N-dealkylation sites (N-methyl/N-ethyl adjacent to an activating group) is 1. The monoisotopic (exact) mass is 315 g/mol. The first kappa shape index (κ1) is 16.0. The molecule has 0 radical (unpaired) electrons. The Morgan fingerprint density at radius 3 is 2.30 bits per heavy atom. The molecule has 1 amide bonds. The van der Waals surface area contributed by atoms with Crippen LogP contribution in [0, 0.1) is 5.92 Å². The van der Waals surface area contributed by atoms with E-state index in [1.54, 1.807) is 0 Å². The molecule has 20 heavy (non-hydrogen) atoms. The van der Waals surface area contributed by atoms with E-state index in [4.69, 9.17) is 12.2 Å². The van der Waals surface area contributed by atoms with E-state index in [2.05, 4.69) is 23.8 Å². The maximum absolute atomic E-state index is 12.2. The van der Waals surface area contributed by atoms with Crippen molar-refractivity contribution in [3.8, 4) is 0 Å². The summed E-state index contributed by atoms with van der Waals surface area (Å²) in [5, 5.41) is 0. The molecule has 0 N–H and O–H groups in total. The minimum Gasteiger partial charge on any atom is -0.355 e. The van der Waals surface area contributed by atoms with E-state index in [1.807, 2.05) is 4.90 Å². The van der Waals surface area contributed by atoms with Gasteiger partial charge in [0.1, 0.15) is 4.32 Å². The smallest absolute Gasteiger partial charge is 0.233 e. The van der Waals surface area contributed by atoms with Crippen LogP contribution in [-0.4, -0.2) is 77.0 Å². The normalized spacial score (nSPS) is 22.1. The number of carbonyl (C=O) groups excluding carboxylic acids is 1. The van der Waals surface area contributed by atoms with Gasteiger partial charge in [-0.25, -0.2) is 0 Å². The summed E-state index contributed by atoms with van der Waals surface area (Å²) in [6.45, 7) is 8.18. The van der Waals surface area contributed by atoms with Gasteiger partial charge in [0.15, 0.2) is 0 Å². The van der Waals surface area contributed by atoms with Crippen LogP contribution >= 0.6 is 24.0 Å². The van der Waals surface area contributed by atoms with E-state index in [9.17, 15) is 4.79 Å². The number of rotatable bonds is 2. The third-order valence-corrected chi connectivity index (χ3v) is 5.73. The molecule has 2 heterocycles. The fraction of sp³-hybridized carbons (Fsp3) is 0.857. The van der Waals surface area contributed by atoms with Crippen LogP contribution in [0.4, 0.5) is 0 Å². The van der Waals surface area contributed by atoms with Gasteiger partial charge in [0, 0.05) is 39.3 Å². The maximum atomic E-state index is 12.2. The Morgan fingerprint density at radius 2 is 1.70 bits per heavy atom. The lowest BCUT2D eigenvalue weighted by Crippen LogP contribution is -2.46. The summed E-state index contributed by atoms with van der Waals surface area (Å²) >= 11 is 6.99. The molecule has 0 bridgehead atoms. The quantitative estimate of drug-likeness (QED) is 0.720. The SMILES string of the molecule is CC1CCN(C(=O)CSC(=S)N2CCN(C)CC2)CC1. The predicted molar refractivity (Wildman–Crippen MR) is 89.1 cm³/mol. The Bertz CT molecular complexity index is 314. The highest BCUT2D eigenvalue weighted by molar-refractivity contribution is 8.23. The van der Waals surface area contributed by atoms with Crippen molar-refractivity contribution in [3.05, 3.63) is 0 Å². The first-order valence-corrected chi connectivity index (χ1v) is 8.83. The van der Waals surface area contributed by atoms with Crippen LogP contribution in [0.25, 0.3) is 0 Å². The van der Waals surface area contributed by atoms with Gasteiger partial charge in [0.25, 0.3) is 0 Å². The molecule has 0 unspecified atom stereocenters. The standard InChI is InChI=1S/C14H25N3OS2/c1-12-3-5-16(6-4-12)13(18)11-20-14(19)17-9-7-15(2)8-10-17/h12H,3-11H2,1-2H3. The molecule has 2 aliphatic rings. The average Bonchev–Trinajstić information content (AvgIpc) is 2.46. The minimum absolute atomic E-state index is 0.248. The molecule has 0 aromatic carbocycles. The molecular formula is C14H25N3OS2. The average molecular weight is 316 g/mol. The highest BCUT2D eigenvalue weighted by atomic mass is 32.2. The lowest BCUT2D eigenvalue weighted by molar-refractivity contribution is -0.129. The number of thiocarbonyl (C=S) groups is 1. The number of amides is 1. The number of hydrogen-bond donors (Lipinski definition) is 0. The summed E-state index contributed by atoms with van der Waals surface area (Å²) < 4.78 is 0.886. The van der Waals surface area contributed by atoms with Crippen molar-refractivity contribution < 1.29 is 4.79 Å². The Balaban J connectivity index is 1.69. The number of nitrogens with zero attached hydrogens (tertiary/aromatic N) is 3. The van der Waals surface area contributed by atoms with E-state index in [1.165, 1.54) is 11.8 Å². The van der Waals surface area contributed by atoms with Crippen molar-refractivity contribution >= 4 is 34.2 Å². The van der Waals surface area contributed by atoms with Crippen LogP contribution in [0.3, 0.4) is 0 Å². The molecule has 6 heteroatoms. The van der Waals surface area contributed by atoms with Crippen LogP contribution in [-0.2, 0) is 4.79 Å². The number of hydrogen-bond acceptors (Lipinski definition) is 4. The van der Waals surface area contributed by atoms with Crippen LogP contribution in [0.1, 0.15) is 19.8 Å². The summed E-state index contributed by atoms with van der Waals surface area (Å²) in [5.74, 6) is 1.51. The van der Waals surface area contributed by atoms with Gasteiger partial charge in [0.05, 0.1) is 5.75 Å². The van der Waals surface area contributed by atoms with Gasteiger partial charge in [-0.1, -0.05) is 30.9 Å². The molecule has 114 valence electrons. The van der Waals surface area contributed by atoms with Gasteiger partial charge in [-0.15, -0.1) is 0 Å².